The Bertz CT molecular complexity index is 607. The van der Waals surface area contributed by atoms with Gasteiger partial charge in [0.05, 0.1) is 6.04 Å². The van der Waals surface area contributed by atoms with Crippen molar-refractivity contribution in [1.82, 2.24) is 15.5 Å². The number of aromatic nitrogens is 2. The molecule has 1 aromatic carbocycles. The molecule has 1 fully saturated rings. The van der Waals surface area contributed by atoms with Crippen LogP contribution in [0.4, 0.5) is 5.13 Å². The largest absolute Gasteiger partial charge is 0.306 e. The zero-order valence-corrected chi connectivity index (χ0v) is 13.0. The third kappa shape index (κ3) is 3.05. The van der Waals surface area contributed by atoms with Gasteiger partial charge in [-0.15, -0.1) is 10.2 Å². The average Bonchev–Trinajstić information content (AvgIpc) is 3.10. The molecule has 0 spiro atoms. The predicted octanol–water partition coefficient (Wildman–Crippen LogP) is 2.66. The van der Waals surface area contributed by atoms with Crippen LogP contribution in [0.3, 0.4) is 0 Å². The van der Waals surface area contributed by atoms with Gasteiger partial charge in [-0.2, -0.15) is 0 Å². The topological polar surface area (TPSA) is 66.9 Å². The summed E-state index contributed by atoms with van der Waals surface area (Å²) in [6, 6.07) is 7.74. The van der Waals surface area contributed by atoms with Crippen molar-refractivity contribution >= 4 is 38.3 Å². The van der Waals surface area contributed by atoms with Gasteiger partial charge in [0.15, 0.2) is 0 Å². The van der Waals surface area contributed by atoms with E-state index in [1.54, 1.807) is 0 Å². The molecular formula is C13H13BrN4OS. The van der Waals surface area contributed by atoms with Crippen LogP contribution in [0.1, 0.15) is 12.8 Å². The lowest BCUT2D eigenvalue weighted by atomic mass is 10.2. The van der Waals surface area contributed by atoms with Crippen molar-refractivity contribution < 1.29 is 4.79 Å². The first-order valence-electron chi connectivity index (χ1n) is 6.36. The van der Waals surface area contributed by atoms with Gasteiger partial charge in [-0.1, -0.05) is 39.4 Å². The van der Waals surface area contributed by atoms with Crippen LogP contribution < -0.4 is 10.6 Å². The number of rotatable bonds is 3. The van der Waals surface area contributed by atoms with Crippen LogP contribution in [-0.4, -0.2) is 28.7 Å². The Balaban J connectivity index is 1.70. The van der Waals surface area contributed by atoms with E-state index in [0.717, 1.165) is 34.4 Å². The second kappa shape index (κ2) is 5.99. The minimum atomic E-state index is -0.102. The number of halogens is 1. The lowest BCUT2D eigenvalue weighted by Crippen LogP contribution is -2.35. The summed E-state index contributed by atoms with van der Waals surface area (Å²) in [5.41, 5.74) is 0.991. The van der Waals surface area contributed by atoms with Crippen molar-refractivity contribution in [2.45, 2.75) is 18.9 Å². The van der Waals surface area contributed by atoms with E-state index >= 15 is 0 Å². The van der Waals surface area contributed by atoms with Crippen LogP contribution >= 0.6 is 27.3 Å². The molecule has 0 aliphatic carbocycles. The molecule has 2 heterocycles. The number of nitrogens with zero attached hydrogens (tertiary/aromatic N) is 2. The lowest BCUT2D eigenvalue weighted by molar-refractivity contribution is -0.117. The summed E-state index contributed by atoms with van der Waals surface area (Å²) in [6.45, 7) is 0.901. The number of nitrogens with one attached hydrogen (secondary N) is 2. The molecule has 1 aromatic heterocycles. The molecule has 1 unspecified atom stereocenters. The molecule has 5 nitrogen and oxygen atoms in total. The zero-order chi connectivity index (χ0) is 13.9. The van der Waals surface area contributed by atoms with Crippen LogP contribution in [0.5, 0.6) is 0 Å². The number of anilines is 1. The highest BCUT2D eigenvalue weighted by Crippen LogP contribution is 2.27. The van der Waals surface area contributed by atoms with Crippen molar-refractivity contribution in [2.75, 3.05) is 11.9 Å². The van der Waals surface area contributed by atoms with Crippen LogP contribution in [0.2, 0.25) is 0 Å². The van der Waals surface area contributed by atoms with Crippen LogP contribution in [0, 0.1) is 0 Å². The predicted molar refractivity (Wildman–Crippen MR) is 82.7 cm³/mol. The van der Waals surface area contributed by atoms with E-state index < -0.39 is 0 Å². The summed E-state index contributed by atoms with van der Waals surface area (Å²) < 4.78 is 1.02. The van der Waals surface area contributed by atoms with Crippen molar-refractivity contribution in [1.29, 1.82) is 0 Å². The second-order valence-corrected chi connectivity index (χ2v) is 6.45. The van der Waals surface area contributed by atoms with E-state index in [-0.39, 0.29) is 11.9 Å². The van der Waals surface area contributed by atoms with Gasteiger partial charge in [-0.05, 0) is 31.5 Å². The molecule has 1 amide bonds. The van der Waals surface area contributed by atoms with E-state index in [1.165, 1.54) is 11.3 Å². The molecule has 2 N–H and O–H groups in total. The van der Waals surface area contributed by atoms with Crippen molar-refractivity contribution in [3.63, 3.8) is 0 Å². The molecule has 1 aliphatic rings. The van der Waals surface area contributed by atoms with E-state index in [4.69, 9.17) is 0 Å². The van der Waals surface area contributed by atoms with Crippen molar-refractivity contribution in [3.8, 4) is 10.6 Å². The molecule has 104 valence electrons. The maximum atomic E-state index is 12.0. The highest BCUT2D eigenvalue weighted by molar-refractivity contribution is 9.10. The number of hydrogen-bond donors (Lipinski definition) is 2. The molecule has 20 heavy (non-hydrogen) atoms. The van der Waals surface area contributed by atoms with Gasteiger partial charge >= 0.3 is 0 Å². The molecule has 0 radical (unpaired) electrons. The van der Waals surface area contributed by atoms with E-state index in [0.29, 0.717) is 5.13 Å². The molecule has 3 rings (SSSR count). The Morgan fingerprint density at radius 1 is 1.35 bits per heavy atom. The van der Waals surface area contributed by atoms with Crippen molar-refractivity contribution in [3.05, 3.63) is 28.7 Å². The fraction of sp³-hybridized carbons (Fsp3) is 0.308. The third-order valence-electron chi connectivity index (χ3n) is 3.12. The summed E-state index contributed by atoms with van der Waals surface area (Å²) in [5.74, 6) is -0.0268. The Labute approximate surface area is 128 Å². The maximum Gasteiger partial charge on any atom is 0.243 e. The fourth-order valence-electron chi connectivity index (χ4n) is 2.08. The molecular weight excluding hydrogens is 340 g/mol. The van der Waals surface area contributed by atoms with Crippen molar-refractivity contribution in [2.24, 2.45) is 0 Å². The Morgan fingerprint density at radius 3 is 2.85 bits per heavy atom. The normalized spacial score (nSPS) is 18.1. The smallest absolute Gasteiger partial charge is 0.243 e. The molecule has 1 atom stereocenters. The van der Waals surface area contributed by atoms with Gasteiger partial charge in [0, 0.05) is 10.0 Å². The highest BCUT2D eigenvalue weighted by Gasteiger charge is 2.22. The molecule has 7 heteroatoms. The number of carbonyl (C=O) groups excluding carboxylic acids is 1. The first kappa shape index (κ1) is 13.7. The monoisotopic (exact) mass is 352 g/mol. The molecule has 2 aromatic rings. The standard InChI is InChI=1S/C13H13BrN4OS/c14-9-5-3-8(4-6-9)12-17-18-13(20-12)16-11(19)10-2-1-7-15-10/h3-6,10,15H,1-2,7H2,(H,16,18,19). The minimum Gasteiger partial charge on any atom is -0.306 e. The van der Waals surface area contributed by atoms with E-state index in [2.05, 4.69) is 36.8 Å². The summed E-state index contributed by atoms with van der Waals surface area (Å²) in [4.78, 5) is 12.0. The molecule has 0 saturated carbocycles. The number of benzene rings is 1. The Kier molecular flexibility index (Phi) is 4.09. The lowest BCUT2D eigenvalue weighted by Gasteiger charge is -2.07. The number of carbonyl (C=O) groups is 1. The van der Waals surface area contributed by atoms with Gasteiger partial charge in [0.2, 0.25) is 11.0 Å². The van der Waals surface area contributed by atoms with Gasteiger partial charge in [-0.3, -0.25) is 10.1 Å². The van der Waals surface area contributed by atoms with E-state index in [1.807, 2.05) is 24.3 Å². The third-order valence-corrected chi connectivity index (χ3v) is 4.54. The van der Waals surface area contributed by atoms with E-state index in [9.17, 15) is 4.79 Å². The van der Waals surface area contributed by atoms with Gasteiger partial charge in [-0.25, -0.2) is 0 Å². The van der Waals surface area contributed by atoms with Gasteiger partial charge in [0.25, 0.3) is 0 Å². The van der Waals surface area contributed by atoms with Crippen LogP contribution in [-0.2, 0) is 4.79 Å². The highest BCUT2D eigenvalue weighted by atomic mass is 79.9. The summed E-state index contributed by atoms with van der Waals surface area (Å²) >= 11 is 4.78. The van der Waals surface area contributed by atoms with Crippen LogP contribution in [0.25, 0.3) is 10.6 Å². The Morgan fingerprint density at radius 2 is 2.15 bits per heavy atom. The Hall–Kier alpha value is -1.31. The summed E-state index contributed by atoms with van der Waals surface area (Å²) in [5, 5.41) is 15.5. The molecule has 0 bridgehead atoms. The van der Waals surface area contributed by atoms with Gasteiger partial charge < -0.3 is 5.32 Å². The first-order valence-corrected chi connectivity index (χ1v) is 7.97. The zero-order valence-electron chi connectivity index (χ0n) is 10.6. The molecule has 1 saturated heterocycles. The summed E-state index contributed by atoms with van der Waals surface area (Å²) in [7, 11) is 0. The van der Waals surface area contributed by atoms with Crippen LogP contribution in [0.15, 0.2) is 28.7 Å². The van der Waals surface area contributed by atoms with Gasteiger partial charge in [0.1, 0.15) is 5.01 Å². The first-order chi connectivity index (χ1) is 9.72. The minimum absolute atomic E-state index is 0.0268. The molecule has 1 aliphatic heterocycles. The maximum absolute atomic E-state index is 12.0. The fourth-order valence-corrected chi connectivity index (χ4v) is 3.10. The summed E-state index contributed by atoms with van der Waals surface area (Å²) in [6.07, 6.45) is 1.92. The SMILES string of the molecule is O=C(Nc1nnc(-c2ccc(Br)cc2)s1)C1CCCN1. The number of amides is 1. The quantitative estimate of drug-likeness (QED) is 0.890. The second-order valence-electron chi connectivity index (χ2n) is 4.56. The average molecular weight is 353 g/mol. The number of hydrogen-bond acceptors (Lipinski definition) is 5.